The van der Waals surface area contributed by atoms with E-state index in [1.165, 1.54) is 11.1 Å². The van der Waals surface area contributed by atoms with Crippen molar-refractivity contribution in [3.8, 4) is 33.9 Å². The van der Waals surface area contributed by atoms with Gasteiger partial charge in [-0.25, -0.2) is 4.98 Å². The summed E-state index contributed by atoms with van der Waals surface area (Å²) in [5, 5.41) is 6.47. The van der Waals surface area contributed by atoms with E-state index in [0.717, 1.165) is 54.6 Å². The molecular formula is C35H20ClN3O. The number of halogens is 1. The number of rotatable bonds is 3. The van der Waals surface area contributed by atoms with E-state index in [1.54, 1.807) is 0 Å². The molecule has 188 valence electrons. The molecule has 8 rings (SSSR count). The zero-order chi connectivity index (χ0) is 26.6. The Bertz CT molecular complexity index is 2240. The topological polar surface area (TPSA) is 51.8 Å². The molecule has 5 heteroatoms. The van der Waals surface area contributed by atoms with Crippen molar-refractivity contribution in [1.29, 1.82) is 0 Å². The van der Waals surface area contributed by atoms with E-state index < -0.39 is 0 Å². The maximum atomic E-state index is 6.52. The molecule has 0 atom stereocenters. The van der Waals surface area contributed by atoms with E-state index in [4.69, 9.17) is 21.0 Å². The second kappa shape index (κ2) is 9.01. The van der Waals surface area contributed by atoms with E-state index in [9.17, 15) is 0 Å². The highest BCUT2D eigenvalue weighted by Gasteiger charge is 2.18. The van der Waals surface area contributed by atoms with Crippen LogP contribution in [0.25, 0.3) is 77.4 Å². The fourth-order valence-electron chi connectivity index (χ4n) is 5.53. The molecule has 0 N–H and O–H groups in total. The molecule has 40 heavy (non-hydrogen) atoms. The maximum Gasteiger partial charge on any atom is 0.226 e. The van der Waals surface area contributed by atoms with Gasteiger partial charge in [0.1, 0.15) is 11.2 Å². The Balaban J connectivity index is 1.29. The average Bonchev–Trinajstić information content (AvgIpc) is 3.39. The third kappa shape index (κ3) is 3.73. The van der Waals surface area contributed by atoms with Crippen molar-refractivity contribution >= 4 is 55.1 Å². The minimum Gasteiger partial charge on any atom is -0.455 e. The number of benzene rings is 6. The summed E-state index contributed by atoms with van der Waals surface area (Å²) in [6.45, 7) is 0. The van der Waals surface area contributed by atoms with E-state index >= 15 is 0 Å². The van der Waals surface area contributed by atoms with Crippen molar-refractivity contribution in [2.45, 2.75) is 0 Å². The lowest BCUT2D eigenvalue weighted by Gasteiger charge is -2.10. The first-order valence-corrected chi connectivity index (χ1v) is 13.4. The van der Waals surface area contributed by atoms with Crippen molar-refractivity contribution in [2.75, 3.05) is 0 Å². The number of hydrogen-bond donors (Lipinski definition) is 0. The van der Waals surface area contributed by atoms with Crippen LogP contribution in [0.3, 0.4) is 0 Å². The van der Waals surface area contributed by atoms with Crippen LogP contribution in [0.5, 0.6) is 0 Å². The van der Waals surface area contributed by atoms with Crippen LogP contribution < -0.4 is 0 Å². The summed E-state index contributed by atoms with van der Waals surface area (Å²) >= 11 is 6.52. The molecule has 0 aliphatic rings. The second-order valence-corrected chi connectivity index (χ2v) is 10.2. The predicted octanol–water partition coefficient (Wildman–Crippen LogP) is 9.73. The molecule has 6 aromatic carbocycles. The number of nitrogens with zero attached hydrogens (tertiary/aromatic N) is 3. The molecule has 2 heterocycles. The van der Waals surface area contributed by atoms with Crippen molar-refractivity contribution in [3.05, 3.63) is 127 Å². The molecule has 0 aliphatic heterocycles. The van der Waals surface area contributed by atoms with Gasteiger partial charge in [-0.15, -0.1) is 0 Å². The highest BCUT2D eigenvalue weighted by Crippen LogP contribution is 2.39. The number of furan rings is 1. The molecule has 0 bridgehead atoms. The van der Waals surface area contributed by atoms with Gasteiger partial charge in [0, 0.05) is 27.3 Å². The summed E-state index contributed by atoms with van der Waals surface area (Å²) in [7, 11) is 0. The Hall–Kier alpha value is -5.06. The average molecular weight is 534 g/mol. The summed E-state index contributed by atoms with van der Waals surface area (Å²) < 4.78 is 6.27. The molecule has 0 aliphatic carbocycles. The zero-order valence-electron chi connectivity index (χ0n) is 21.2. The molecule has 4 nitrogen and oxygen atoms in total. The lowest BCUT2D eigenvalue weighted by atomic mass is 9.99. The molecule has 0 amide bonds. The fourth-order valence-corrected chi connectivity index (χ4v) is 5.69. The minimum atomic E-state index is 0.153. The van der Waals surface area contributed by atoms with Crippen molar-refractivity contribution in [3.63, 3.8) is 0 Å². The number of aromatic nitrogens is 3. The van der Waals surface area contributed by atoms with Crippen LogP contribution in [0.4, 0.5) is 0 Å². The molecule has 0 saturated heterocycles. The Morgan fingerprint density at radius 2 is 1.12 bits per heavy atom. The monoisotopic (exact) mass is 533 g/mol. The van der Waals surface area contributed by atoms with E-state index in [2.05, 4.69) is 88.8 Å². The number of hydrogen-bond acceptors (Lipinski definition) is 4. The van der Waals surface area contributed by atoms with E-state index in [0.29, 0.717) is 11.6 Å². The third-order valence-corrected chi connectivity index (χ3v) is 7.61. The highest BCUT2D eigenvalue weighted by atomic mass is 35.5. The van der Waals surface area contributed by atoms with Crippen LogP contribution in [0, 0.1) is 0 Å². The Morgan fingerprint density at radius 1 is 0.475 bits per heavy atom. The Labute approximate surface area is 234 Å². The number of para-hydroxylation sites is 1. The standard InChI is InChI=1S/C35H20ClN3O/c36-35-38-33(25-17-16-23-18-22(14-15-24(23)19-25)21-8-2-1-3-9-21)37-34(39-35)30-20-29-27-11-6-7-13-31(27)40-32(29)28-12-5-4-10-26(28)30/h1-20H. The third-order valence-electron chi connectivity index (χ3n) is 7.44. The SMILES string of the molecule is Clc1nc(-c2ccc3cc(-c4ccccc4)ccc3c2)nc(-c2cc3c4ccccc4oc3c3ccccc23)n1. The summed E-state index contributed by atoms with van der Waals surface area (Å²) in [5.74, 6) is 1.06. The zero-order valence-corrected chi connectivity index (χ0v) is 21.9. The summed E-state index contributed by atoms with van der Waals surface area (Å²) in [6, 6.07) is 41.4. The van der Waals surface area contributed by atoms with Gasteiger partial charge in [0.05, 0.1) is 0 Å². The Morgan fingerprint density at radius 3 is 1.95 bits per heavy atom. The molecule has 0 fully saturated rings. The van der Waals surface area contributed by atoms with Crippen LogP contribution in [0.2, 0.25) is 5.28 Å². The molecule has 8 aromatic rings. The molecule has 0 radical (unpaired) electrons. The Kier molecular flexibility index (Phi) is 5.15. The van der Waals surface area contributed by atoms with Gasteiger partial charge in [-0.3, -0.25) is 0 Å². The lowest BCUT2D eigenvalue weighted by Crippen LogP contribution is -1.98. The van der Waals surface area contributed by atoms with Crippen LogP contribution in [-0.4, -0.2) is 15.0 Å². The van der Waals surface area contributed by atoms with Gasteiger partial charge in [-0.1, -0.05) is 97.1 Å². The smallest absolute Gasteiger partial charge is 0.226 e. The van der Waals surface area contributed by atoms with Gasteiger partial charge in [-0.05, 0) is 63.2 Å². The van der Waals surface area contributed by atoms with Crippen LogP contribution in [0.1, 0.15) is 0 Å². The predicted molar refractivity (Wildman–Crippen MR) is 163 cm³/mol. The van der Waals surface area contributed by atoms with E-state index in [1.807, 2.05) is 42.5 Å². The van der Waals surface area contributed by atoms with Crippen molar-refractivity contribution < 1.29 is 4.42 Å². The molecule has 0 spiro atoms. The quantitative estimate of drug-likeness (QED) is 0.227. The normalized spacial score (nSPS) is 11.6. The van der Waals surface area contributed by atoms with Crippen LogP contribution >= 0.6 is 11.6 Å². The first-order valence-electron chi connectivity index (χ1n) is 13.1. The summed E-state index contributed by atoms with van der Waals surface area (Å²) in [4.78, 5) is 14.0. The van der Waals surface area contributed by atoms with Crippen molar-refractivity contribution in [2.24, 2.45) is 0 Å². The number of fused-ring (bicyclic) bond motifs is 6. The highest BCUT2D eigenvalue weighted by molar-refractivity contribution is 6.28. The van der Waals surface area contributed by atoms with Gasteiger partial charge in [-0.2, -0.15) is 9.97 Å². The van der Waals surface area contributed by atoms with Crippen LogP contribution in [-0.2, 0) is 0 Å². The molecule has 2 aromatic heterocycles. The van der Waals surface area contributed by atoms with Crippen LogP contribution in [0.15, 0.2) is 126 Å². The first kappa shape index (κ1) is 22.9. The van der Waals surface area contributed by atoms with E-state index in [-0.39, 0.29) is 5.28 Å². The first-order chi connectivity index (χ1) is 19.7. The van der Waals surface area contributed by atoms with Gasteiger partial charge in [0.2, 0.25) is 5.28 Å². The summed E-state index contributed by atoms with van der Waals surface area (Å²) in [5.41, 5.74) is 5.83. The second-order valence-electron chi connectivity index (χ2n) is 9.84. The van der Waals surface area contributed by atoms with Gasteiger partial charge in [0.15, 0.2) is 11.6 Å². The maximum absolute atomic E-state index is 6.52. The van der Waals surface area contributed by atoms with Gasteiger partial charge >= 0.3 is 0 Å². The summed E-state index contributed by atoms with van der Waals surface area (Å²) in [6.07, 6.45) is 0. The minimum absolute atomic E-state index is 0.153. The lowest BCUT2D eigenvalue weighted by molar-refractivity contribution is 0.672. The van der Waals surface area contributed by atoms with Gasteiger partial charge in [0.25, 0.3) is 0 Å². The fraction of sp³-hybridized carbons (Fsp3) is 0. The molecule has 0 unspecified atom stereocenters. The molecular weight excluding hydrogens is 514 g/mol. The van der Waals surface area contributed by atoms with Gasteiger partial charge < -0.3 is 4.42 Å². The largest absolute Gasteiger partial charge is 0.455 e. The molecule has 0 saturated carbocycles. The van der Waals surface area contributed by atoms with Crippen molar-refractivity contribution in [1.82, 2.24) is 15.0 Å².